The van der Waals surface area contributed by atoms with E-state index in [1.807, 2.05) is 0 Å². The molecule has 33 heavy (non-hydrogen) atoms. The number of nitrogens with two attached hydrogens (primary N) is 1. The lowest BCUT2D eigenvalue weighted by molar-refractivity contribution is -0.497. The standard InChI is InChI=1S/C18H24N4O8S3/c1-3-21(18(23)29-10-12-5-4-6-13(7-12)11-30-22(24)25)15-9-20(2)33(27,28)17-14(15)8-16(31-17)32(19)26/h4-8,15,24-25H,3,9-11,19H2,1-2H3/t15-,32?/m0/s1. The number of benzene rings is 1. The number of amides is 1. The van der Waals surface area contributed by atoms with E-state index in [9.17, 15) is 17.4 Å². The van der Waals surface area contributed by atoms with Gasteiger partial charge in [0.25, 0.3) is 10.0 Å². The second-order valence-electron chi connectivity index (χ2n) is 7.09. The maximum absolute atomic E-state index is 12.9. The predicted molar refractivity (Wildman–Crippen MR) is 117 cm³/mol. The molecule has 2 aromatic rings. The molecule has 1 aliphatic rings. The fourth-order valence-electron chi connectivity index (χ4n) is 3.39. The number of thiophene rings is 1. The maximum Gasteiger partial charge on any atom is 0.410 e. The molecule has 0 spiro atoms. The number of carbonyl (C=O) groups excluding carboxylic acids is 1. The van der Waals surface area contributed by atoms with Crippen LogP contribution < -0.4 is 5.14 Å². The third-order valence-corrected chi connectivity index (χ3v) is 9.54. The third-order valence-electron chi connectivity index (χ3n) is 4.99. The number of hydrogen-bond acceptors (Lipinski definition) is 10. The van der Waals surface area contributed by atoms with Gasteiger partial charge in [-0.15, -0.1) is 11.3 Å². The van der Waals surface area contributed by atoms with E-state index >= 15 is 0 Å². The number of fused-ring (bicyclic) bond motifs is 1. The van der Waals surface area contributed by atoms with E-state index in [0.717, 1.165) is 15.6 Å². The highest BCUT2D eigenvalue weighted by atomic mass is 32.3. The van der Waals surface area contributed by atoms with E-state index in [0.29, 0.717) is 16.7 Å². The van der Waals surface area contributed by atoms with Gasteiger partial charge >= 0.3 is 6.09 Å². The maximum atomic E-state index is 12.9. The van der Waals surface area contributed by atoms with Gasteiger partial charge in [-0.3, -0.25) is 10.4 Å². The smallest absolute Gasteiger partial charge is 0.410 e. The van der Waals surface area contributed by atoms with Gasteiger partial charge in [-0.2, -0.15) is 4.31 Å². The summed E-state index contributed by atoms with van der Waals surface area (Å²) in [6.45, 7) is 1.82. The first kappa shape index (κ1) is 25.7. The molecular formula is C18H24N4O8S3. The Bertz CT molecular complexity index is 1140. The van der Waals surface area contributed by atoms with Gasteiger partial charge in [0.05, 0.1) is 18.0 Å². The Morgan fingerprint density at radius 3 is 2.58 bits per heavy atom. The van der Waals surface area contributed by atoms with Gasteiger partial charge in [0, 0.05) is 25.7 Å². The zero-order valence-corrected chi connectivity index (χ0v) is 20.2. The molecule has 3 rings (SSSR count). The number of carbonyl (C=O) groups is 1. The molecule has 1 aromatic carbocycles. The van der Waals surface area contributed by atoms with Crippen molar-refractivity contribution in [3.63, 3.8) is 0 Å². The Hall–Kier alpha value is -1.95. The quantitative estimate of drug-likeness (QED) is 0.438. The van der Waals surface area contributed by atoms with Crippen molar-refractivity contribution >= 4 is 38.4 Å². The van der Waals surface area contributed by atoms with Crippen LogP contribution in [0.25, 0.3) is 0 Å². The second kappa shape index (κ2) is 10.5. The molecule has 15 heteroatoms. The van der Waals surface area contributed by atoms with Gasteiger partial charge in [-0.1, -0.05) is 24.3 Å². The number of ether oxygens (including phenoxy) is 1. The van der Waals surface area contributed by atoms with Gasteiger partial charge in [0.1, 0.15) is 26.0 Å². The molecule has 1 aliphatic heterocycles. The van der Waals surface area contributed by atoms with E-state index in [1.165, 1.54) is 18.0 Å². The van der Waals surface area contributed by atoms with Crippen molar-refractivity contribution in [1.29, 1.82) is 0 Å². The summed E-state index contributed by atoms with van der Waals surface area (Å²) >= 11 is 0.831. The Labute approximate surface area is 197 Å². The Morgan fingerprint density at radius 1 is 1.30 bits per heavy atom. The zero-order valence-electron chi connectivity index (χ0n) is 17.8. The van der Waals surface area contributed by atoms with Crippen LogP contribution in [0.5, 0.6) is 0 Å². The minimum Gasteiger partial charge on any atom is -0.445 e. The van der Waals surface area contributed by atoms with Crippen molar-refractivity contribution in [1.82, 2.24) is 14.6 Å². The zero-order chi connectivity index (χ0) is 24.3. The lowest BCUT2D eigenvalue weighted by Crippen LogP contribution is -2.45. The van der Waals surface area contributed by atoms with E-state index in [-0.39, 0.29) is 34.7 Å². The van der Waals surface area contributed by atoms with E-state index < -0.39 is 38.5 Å². The van der Waals surface area contributed by atoms with Crippen LogP contribution in [-0.4, -0.2) is 63.9 Å². The van der Waals surface area contributed by atoms with E-state index in [1.54, 1.807) is 31.2 Å². The van der Waals surface area contributed by atoms with Crippen molar-refractivity contribution in [2.24, 2.45) is 5.14 Å². The molecule has 2 atom stereocenters. The molecule has 0 saturated heterocycles. The summed E-state index contributed by atoms with van der Waals surface area (Å²) < 4.78 is 44.0. The molecule has 1 aromatic heterocycles. The topological polar surface area (TPSA) is 163 Å². The number of rotatable bonds is 8. The average Bonchev–Trinajstić information content (AvgIpc) is 3.22. The highest BCUT2D eigenvalue weighted by molar-refractivity contribution is 7.92. The Morgan fingerprint density at radius 2 is 1.97 bits per heavy atom. The van der Waals surface area contributed by atoms with Gasteiger partial charge in [0.15, 0.2) is 0 Å². The largest absolute Gasteiger partial charge is 0.445 e. The van der Waals surface area contributed by atoms with Crippen LogP contribution in [0.15, 0.2) is 38.8 Å². The Balaban J connectivity index is 1.78. The number of nitrogens with zero attached hydrogens (tertiary/aromatic N) is 3. The lowest BCUT2D eigenvalue weighted by Gasteiger charge is -2.36. The number of likely N-dealkylation sites (N-methyl/N-ethyl adjacent to an activating group) is 2. The fourth-order valence-corrected chi connectivity index (χ4v) is 7.24. The number of hydrogen-bond donors (Lipinski definition) is 3. The molecule has 2 heterocycles. The highest BCUT2D eigenvalue weighted by Crippen LogP contribution is 2.41. The van der Waals surface area contributed by atoms with Crippen LogP contribution in [-0.2, 0) is 43.8 Å². The highest BCUT2D eigenvalue weighted by Gasteiger charge is 2.41. The lowest BCUT2D eigenvalue weighted by atomic mass is 10.1. The van der Waals surface area contributed by atoms with Crippen LogP contribution in [0.4, 0.5) is 4.79 Å². The molecule has 0 saturated carbocycles. The normalized spacial score (nSPS) is 18.7. The summed E-state index contributed by atoms with van der Waals surface area (Å²) in [7, 11) is -4.22. The molecule has 182 valence electrons. The molecule has 0 radical (unpaired) electrons. The van der Waals surface area contributed by atoms with E-state index in [2.05, 4.69) is 4.84 Å². The first-order valence-electron chi connectivity index (χ1n) is 9.62. The third kappa shape index (κ3) is 5.76. The average molecular weight is 521 g/mol. The molecule has 4 N–H and O–H groups in total. The molecule has 0 bridgehead atoms. The van der Waals surface area contributed by atoms with Crippen LogP contribution in [0.1, 0.15) is 29.7 Å². The summed E-state index contributed by atoms with van der Waals surface area (Å²) in [4.78, 5) is 18.9. The first-order chi connectivity index (χ1) is 15.5. The molecular weight excluding hydrogens is 496 g/mol. The van der Waals surface area contributed by atoms with Crippen molar-refractivity contribution < 1.29 is 37.4 Å². The van der Waals surface area contributed by atoms with Crippen LogP contribution >= 0.6 is 11.3 Å². The van der Waals surface area contributed by atoms with Crippen LogP contribution in [0, 0.1) is 0 Å². The second-order valence-corrected chi connectivity index (χ2v) is 11.7. The van der Waals surface area contributed by atoms with Crippen molar-refractivity contribution in [2.45, 2.75) is 34.6 Å². The molecule has 1 unspecified atom stereocenters. The van der Waals surface area contributed by atoms with Crippen molar-refractivity contribution in [2.75, 3.05) is 20.1 Å². The van der Waals surface area contributed by atoms with Gasteiger partial charge < -0.3 is 9.64 Å². The predicted octanol–water partition coefficient (Wildman–Crippen LogP) is 1.58. The molecule has 0 fully saturated rings. The summed E-state index contributed by atoms with van der Waals surface area (Å²) in [5.74, 6) is 0. The van der Waals surface area contributed by atoms with Crippen LogP contribution in [0.3, 0.4) is 0 Å². The van der Waals surface area contributed by atoms with Crippen LogP contribution in [0.2, 0.25) is 0 Å². The summed E-state index contributed by atoms with van der Waals surface area (Å²) in [6, 6.07) is 7.63. The van der Waals surface area contributed by atoms with E-state index in [4.69, 9.17) is 20.3 Å². The van der Waals surface area contributed by atoms with Gasteiger partial charge in [0.2, 0.25) is 0 Å². The fraction of sp³-hybridized carbons (Fsp3) is 0.389. The number of sulfonamides is 1. The monoisotopic (exact) mass is 520 g/mol. The van der Waals surface area contributed by atoms with Crippen molar-refractivity contribution in [3.8, 4) is 0 Å². The minimum atomic E-state index is -3.77. The first-order valence-corrected chi connectivity index (χ1v) is 13.1. The van der Waals surface area contributed by atoms with Gasteiger partial charge in [-0.05, 0) is 24.1 Å². The SMILES string of the molecule is CCN(C(=O)OCc1cccc(CON(O)O)c1)[C@H]1CN(C)S(=O)(=O)c2sc(S(N)=O)cc21. The molecule has 12 nitrogen and oxygen atoms in total. The van der Waals surface area contributed by atoms with Gasteiger partial charge in [-0.25, -0.2) is 27.4 Å². The summed E-state index contributed by atoms with van der Waals surface area (Å²) in [5.41, 5.74) is 1.62. The molecule has 0 aliphatic carbocycles. The Kier molecular flexibility index (Phi) is 8.20. The molecule has 1 amide bonds. The van der Waals surface area contributed by atoms with Crippen molar-refractivity contribution in [3.05, 3.63) is 47.0 Å². The summed E-state index contributed by atoms with van der Waals surface area (Å²) in [5, 5.41) is 22.4. The summed E-state index contributed by atoms with van der Waals surface area (Å²) in [6.07, 6.45) is -0.652. The minimum absolute atomic E-state index is 0.0100.